The predicted octanol–water partition coefficient (Wildman–Crippen LogP) is 4.37. The van der Waals surface area contributed by atoms with Crippen LogP contribution in [0, 0.1) is 0 Å². The summed E-state index contributed by atoms with van der Waals surface area (Å²) in [4.78, 5) is 0. The molecule has 0 heterocycles. The third-order valence-electron chi connectivity index (χ3n) is 2.40. The van der Waals surface area contributed by atoms with E-state index in [9.17, 15) is 13.2 Å². The molecular weight excluding hydrogens is 241 g/mol. The lowest BCUT2D eigenvalue weighted by Gasteiger charge is -2.22. The van der Waals surface area contributed by atoms with Crippen LogP contribution in [0.3, 0.4) is 0 Å². The van der Waals surface area contributed by atoms with E-state index in [4.69, 9.17) is 4.74 Å². The summed E-state index contributed by atoms with van der Waals surface area (Å²) >= 11 is 0. The molecule has 0 amide bonds. The average molecular weight is 252 g/mol. The van der Waals surface area contributed by atoms with E-state index in [0.717, 1.165) is 0 Å². The van der Waals surface area contributed by atoms with Crippen LogP contribution >= 0.6 is 0 Å². The van der Waals surface area contributed by atoms with E-state index in [1.165, 1.54) is 24.3 Å². The van der Waals surface area contributed by atoms with Gasteiger partial charge < -0.3 is 4.74 Å². The molecule has 18 heavy (non-hydrogen) atoms. The highest BCUT2D eigenvalue weighted by molar-refractivity contribution is 5.25. The molecule has 0 aliphatic rings. The average Bonchev–Trinajstić information content (AvgIpc) is 2.37. The Bertz CT molecular complexity index is 479. The third-order valence-corrected chi connectivity index (χ3v) is 2.40. The summed E-state index contributed by atoms with van der Waals surface area (Å²) in [6.45, 7) is 0. The molecule has 0 spiro atoms. The van der Waals surface area contributed by atoms with Gasteiger partial charge in [0.2, 0.25) is 6.10 Å². The topological polar surface area (TPSA) is 9.23 Å². The molecular formula is C14H11F3O. The number of rotatable bonds is 3. The zero-order valence-electron chi connectivity index (χ0n) is 9.39. The molecule has 2 rings (SSSR count). The molecule has 0 aliphatic carbocycles. The normalized spacial score (nSPS) is 13.1. The number of hydrogen-bond acceptors (Lipinski definition) is 1. The van der Waals surface area contributed by atoms with Gasteiger partial charge >= 0.3 is 6.18 Å². The lowest BCUT2D eigenvalue weighted by atomic mass is 10.1. The van der Waals surface area contributed by atoms with Crippen molar-refractivity contribution in [3.63, 3.8) is 0 Å². The van der Waals surface area contributed by atoms with E-state index in [0.29, 0.717) is 0 Å². The second-order valence-corrected chi connectivity index (χ2v) is 3.76. The van der Waals surface area contributed by atoms with Crippen molar-refractivity contribution in [2.45, 2.75) is 12.3 Å². The van der Waals surface area contributed by atoms with E-state index >= 15 is 0 Å². The van der Waals surface area contributed by atoms with Crippen LogP contribution in [0.2, 0.25) is 0 Å². The fourth-order valence-corrected chi connectivity index (χ4v) is 1.59. The first kappa shape index (κ1) is 12.5. The lowest BCUT2D eigenvalue weighted by Crippen LogP contribution is -2.26. The van der Waals surface area contributed by atoms with Gasteiger partial charge in [-0.25, -0.2) is 0 Å². The summed E-state index contributed by atoms with van der Waals surface area (Å²) in [5.41, 5.74) is 0.0915. The van der Waals surface area contributed by atoms with Crippen molar-refractivity contribution in [3.05, 3.63) is 66.2 Å². The van der Waals surface area contributed by atoms with E-state index in [1.807, 2.05) is 0 Å². The molecule has 0 fully saturated rings. The van der Waals surface area contributed by atoms with Gasteiger partial charge in [-0.2, -0.15) is 13.2 Å². The van der Waals surface area contributed by atoms with Crippen LogP contribution in [0.15, 0.2) is 60.7 Å². The van der Waals surface area contributed by atoms with Crippen molar-refractivity contribution < 1.29 is 17.9 Å². The monoisotopic (exact) mass is 252 g/mol. The summed E-state index contributed by atoms with van der Waals surface area (Å²) in [6.07, 6.45) is -6.39. The van der Waals surface area contributed by atoms with Crippen molar-refractivity contribution in [3.8, 4) is 5.75 Å². The predicted molar refractivity (Wildman–Crippen MR) is 62.3 cm³/mol. The van der Waals surface area contributed by atoms with Crippen molar-refractivity contribution in [1.82, 2.24) is 0 Å². The quantitative estimate of drug-likeness (QED) is 0.788. The molecule has 0 radical (unpaired) electrons. The Balaban J connectivity index is 2.28. The van der Waals surface area contributed by atoms with Crippen LogP contribution in [-0.2, 0) is 0 Å². The first-order valence-corrected chi connectivity index (χ1v) is 5.41. The minimum atomic E-state index is -4.45. The maximum Gasteiger partial charge on any atom is 0.429 e. The van der Waals surface area contributed by atoms with Crippen molar-refractivity contribution in [2.24, 2.45) is 0 Å². The van der Waals surface area contributed by atoms with Crippen LogP contribution in [0.25, 0.3) is 0 Å². The molecule has 1 atom stereocenters. The van der Waals surface area contributed by atoms with Gasteiger partial charge in [0.25, 0.3) is 0 Å². The molecule has 94 valence electrons. The number of benzene rings is 2. The summed E-state index contributed by atoms with van der Waals surface area (Å²) in [5.74, 6) is 0.198. The fourth-order valence-electron chi connectivity index (χ4n) is 1.59. The van der Waals surface area contributed by atoms with Crippen LogP contribution in [0.5, 0.6) is 5.75 Å². The molecule has 1 unspecified atom stereocenters. The molecule has 2 aromatic carbocycles. The molecule has 0 aromatic heterocycles. The Kier molecular flexibility index (Phi) is 3.55. The zero-order chi connectivity index (χ0) is 13.0. The molecule has 0 saturated carbocycles. The van der Waals surface area contributed by atoms with Crippen molar-refractivity contribution in [2.75, 3.05) is 0 Å². The standard InChI is InChI=1S/C14H11F3O/c15-14(16,17)13(11-7-3-1-4-8-11)18-12-9-5-2-6-10-12/h1-10,13H. The van der Waals surface area contributed by atoms with Crippen molar-refractivity contribution >= 4 is 0 Å². The van der Waals surface area contributed by atoms with Gasteiger partial charge in [0.1, 0.15) is 5.75 Å². The summed E-state index contributed by atoms with van der Waals surface area (Å²) in [7, 11) is 0. The molecule has 4 heteroatoms. The first-order valence-electron chi connectivity index (χ1n) is 5.41. The maximum absolute atomic E-state index is 13.0. The highest BCUT2D eigenvalue weighted by Gasteiger charge is 2.42. The van der Waals surface area contributed by atoms with E-state index < -0.39 is 12.3 Å². The molecule has 2 aromatic rings. The van der Waals surface area contributed by atoms with Crippen molar-refractivity contribution in [1.29, 1.82) is 0 Å². The highest BCUT2D eigenvalue weighted by atomic mass is 19.4. The van der Waals surface area contributed by atoms with E-state index in [-0.39, 0.29) is 11.3 Å². The number of alkyl halides is 3. The number of hydrogen-bond donors (Lipinski definition) is 0. The van der Waals surface area contributed by atoms with Gasteiger partial charge in [0, 0.05) is 5.56 Å². The van der Waals surface area contributed by atoms with Gasteiger partial charge in [-0.3, -0.25) is 0 Å². The number of para-hydroxylation sites is 1. The van der Waals surface area contributed by atoms with Crippen LogP contribution in [0.1, 0.15) is 11.7 Å². The van der Waals surface area contributed by atoms with Gasteiger partial charge in [0.05, 0.1) is 0 Å². The Labute approximate surface area is 103 Å². The van der Waals surface area contributed by atoms with Crippen LogP contribution in [0.4, 0.5) is 13.2 Å². The largest absolute Gasteiger partial charge is 0.476 e. The van der Waals surface area contributed by atoms with Crippen LogP contribution < -0.4 is 4.74 Å². The second kappa shape index (κ2) is 5.12. The van der Waals surface area contributed by atoms with Gasteiger partial charge in [-0.15, -0.1) is 0 Å². The smallest absolute Gasteiger partial charge is 0.429 e. The first-order chi connectivity index (χ1) is 8.57. The molecule has 0 N–H and O–H groups in total. The Morgan fingerprint density at radius 1 is 0.778 bits per heavy atom. The second-order valence-electron chi connectivity index (χ2n) is 3.76. The van der Waals surface area contributed by atoms with Gasteiger partial charge in [-0.1, -0.05) is 48.5 Å². The van der Waals surface area contributed by atoms with E-state index in [2.05, 4.69) is 0 Å². The summed E-state index contributed by atoms with van der Waals surface area (Å²) in [5, 5.41) is 0. The van der Waals surface area contributed by atoms with Gasteiger partial charge in [-0.05, 0) is 12.1 Å². The van der Waals surface area contributed by atoms with Crippen LogP contribution in [-0.4, -0.2) is 6.18 Å². The SMILES string of the molecule is FC(F)(F)C(Oc1ccccc1)c1ccccc1. The van der Waals surface area contributed by atoms with E-state index in [1.54, 1.807) is 36.4 Å². The molecule has 0 aliphatic heterocycles. The number of ether oxygens (including phenoxy) is 1. The Hall–Kier alpha value is -1.97. The zero-order valence-corrected chi connectivity index (χ0v) is 9.39. The minimum Gasteiger partial charge on any atom is -0.476 e. The molecule has 0 bridgehead atoms. The fraction of sp³-hybridized carbons (Fsp3) is 0.143. The molecule has 0 saturated heterocycles. The maximum atomic E-state index is 13.0. The third kappa shape index (κ3) is 3.03. The summed E-state index contributed by atoms with van der Waals surface area (Å²) in [6, 6.07) is 15.6. The Morgan fingerprint density at radius 3 is 1.78 bits per heavy atom. The minimum absolute atomic E-state index is 0.0915. The number of halogens is 3. The Morgan fingerprint density at radius 2 is 1.28 bits per heavy atom. The highest BCUT2D eigenvalue weighted by Crippen LogP contribution is 2.36. The molecule has 1 nitrogen and oxygen atoms in total. The lowest BCUT2D eigenvalue weighted by molar-refractivity contribution is -0.198. The summed E-state index contributed by atoms with van der Waals surface area (Å²) < 4.78 is 43.9. The van der Waals surface area contributed by atoms with Gasteiger partial charge in [0.15, 0.2) is 0 Å².